The third-order valence-corrected chi connectivity index (χ3v) is 3.64. The van der Waals surface area contributed by atoms with Gasteiger partial charge in [0, 0.05) is 12.2 Å². The van der Waals surface area contributed by atoms with Gasteiger partial charge in [0.2, 0.25) is 5.88 Å². The number of aliphatic carboxylic acids is 1. The molecule has 7 nitrogen and oxygen atoms in total. The van der Waals surface area contributed by atoms with Crippen LogP contribution in [-0.2, 0) is 4.79 Å². The Labute approximate surface area is 126 Å². The molecule has 2 heterocycles. The maximum Gasteiger partial charge on any atom is 0.313 e. The van der Waals surface area contributed by atoms with Crippen molar-refractivity contribution >= 4 is 17.7 Å². The number of carboxylic acid groups (broad SMARTS) is 1. The highest BCUT2D eigenvalue weighted by atomic mass is 32.2. The lowest BCUT2D eigenvalue weighted by molar-refractivity contribution is -0.133. The summed E-state index contributed by atoms with van der Waals surface area (Å²) >= 11 is 1.14. The zero-order valence-corrected chi connectivity index (χ0v) is 12.8. The van der Waals surface area contributed by atoms with Crippen LogP contribution in [0.1, 0.15) is 19.9 Å². The SMILES string of the molecule is COc1ncccc1-c1nnc(SCC(=O)O)n1C(C)C. The molecule has 2 aromatic heterocycles. The molecule has 0 radical (unpaired) electrons. The average Bonchev–Trinajstić information content (AvgIpc) is 2.88. The number of thioether (sulfide) groups is 1. The van der Waals surface area contributed by atoms with E-state index in [-0.39, 0.29) is 11.8 Å². The molecule has 0 aliphatic rings. The molecule has 0 fully saturated rings. The second-order valence-corrected chi connectivity index (χ2v) is 5.46. The van der Waals surface area contributed by atoms with Gasteiger partial charge in [-0.3, -0.25) is 9.36 Å². The summed E-state index contributed by atoms with van der Waals surface area (Å²) in [5.74, 6) is 0.123. The first kappa shape index (κ1) is 15.3. The second-order valence-electron chi connectivity index (χ2n) is 4.51. The minimum atomic E-state index is -0.890. The summed E-state index contributed by atoms with van der Waals surface area (Å²) in [6.07, 6.45) is 1.64. The van der Waals surface area contributed by atoms with Gasteiger partial charge in [0.1, 0.15) is 0 Å². The van der Waals surface area contributed by atoms with E-state index in [4.69, 9.17) is 9.84 Å². The first-order valence-electron chi connectivity index (χ1n) is 6.33. The monoisotopic (exact) mass is 308 g/mol. The zero-order chi connectivity index (χ0) is 15.4. The fourth-order valence-electron chi connectivity index (χ4n) is 1.87. The molecule has 1 N–H and O–H groups in total. The topological polar surface area (TPSA) is 90.1 Å². The number of pyridine rings is 1. The van der Waals surface area contributed by atoms with Gasteiger partial charge in [0.25, 0.3) is 0 Å². The van der Waals surface area contributed by atoms with E-state index >= 15 is 0 Å². The molecule has 2 rings (SSSR count). The maximum absolute atomic E-state index is 10.7. The highest BCUT2D eigenvalue weighted by molar-refractivity contribution is 7.99. The van der Waals surface area contributed by atoms with Crippen LogP contribution in [-0.4, -0.2) is 43.7 Å². The normalized spacial score (nSPS) is 10.9. The van der Waals surface area contributed by atoms with Crippen LogP contribution < -0.4 is 4.74 Å². The van der Waals surface area contributed by atoms with Gasteiger partial charge in [-0.2, -0.15) is 0 Å². The van der Waals surface area contributed by atoms with Crippen LogP contribution in [0, 0.1) is 0 Å². The van der Waals surface area contributed by atoms with E-state index in [9.17, 15) is 4.79 Å². The smallest absolute Gasteiger partial charge is 0.313 e. The van der Waals surface area contributed by atoms with Crippen molar-refractivity contribution in [1.29, 1.82) is 0 Å². The molecule has 0 aliphatic heterocycles. The van der Waals surface area contributed by atoms with Crippen molar-refractivity contribution < 1.29 is 14.6 Å². The highest BCUT2D eigenvalue weighted by Crippen LogP contribution is 2.31. The summed E-state index contributed by atoms with van der Waals surface area (Å²) in [5.41, 5.74) is 0.725. The number of hydrogen-bond donors (Lipinski definition) is 1. The summed E-state index contributed by atoms with van der Waals surface area (Å²) < 4.78 is 7.13. The van der Waals surface area contributed by atoms with Gasteiger partial charge in [-0.1, -0.05) is 11.8 Å². The van der Waals surface area contributed by atoms with Crippen LogP contribution >= 0.6 is 11.8 Å². The molecule has 0 unspecified atom stereocenters. The van der Waals surface area contributed by atoms with Crippen LogP contribution in [0.15, 0.2) is 23.5 Å². The van der Waals surface area contributed by atoms with Crippen LogP contribution in [0.3, 0.4) is 0 Å². The van der Waals surface area contributed by atoms with E-state index in [1.165, 1.54) is 0 Å². The number of carboxylic acids is 1. The summed E-state index contributed by atoms with van der Waals surface area (Å²) in [6, 6.07) is 3.72. The summed E-state index contributed by atoms with van der Waals surface area (Å²) in [4.78, 5) is 14.9. The van der Waals surface area contributed by atoms with Crippen LogP contribution in [0.25, 0.3) is 11.4 Å². The van der Waals surface area contributed by atoms with Crippen molar-refractivity contribution in [2.75, 3.05) is 12.9 Å². The maximum atomic E-state index is 10.7. The van der Waals surface area contributed by atoms with E-state index < -0.39 is 5.97 Å². The minimum Gasteiger partial charge on any atom is -0.481 e. The Bertz CT molecular complexity index is 642. The Morgan fingerprint density at radius 2 is 2.24 bits per heavy atom. The molecule has 8 heteroatoms. The Morgan fingerprint density at radius 1 is 1.48 bits per heavy atom. The number of hydrogen-bond acceptors (Lipinski definition) is 6. The molecular weight excluding hydrogens is 292 g/mol. The Balaban J connectivity index is 2.46. The summed E-state index contributed by atoms with van der Waals surface area (Å²) in [5, 5.41) is 17.6. The quantitative estimate of drug-likeness (QED) is 0.817. The van der Waals surface area contributed by atoms with Gasteiger partial charge in [-0.15, -0.1) is 10.2 Å². The third kappa shape index (κ3) is 3.33. The highest BCUT2D eigenvalue weighted by Gasteiger charge is 2.20. The van der Waals surface area contributed by atoms with Crippen molar-refractivity contribution in [3.8, 4) is 17.3 Å². The largest absolute Gasteiger partial charge is 0.481 e. The zero-order valence-electron chi connectivity index (χ0n) is 12.0. The van der Waals surface area contributed by atoms with Crippen LogP contribution in [0.2, 0.25) is 0 Å². The fourth-order valence-corrected chi connectivity index (χ4v) is 2.66. The molecule has 2 aromatic rings. The predicted molar refractivity (Wildman–Crippen MR) is 78.5 cm³/mol. The molecule has 0 bridgehead atoms. The van der Waals surface area contributed by atoms with E-state index in [1.807, 2.05) is 24.5 Å². The average molecular weight is 308 g/mol. The summed E-state index contributed by atoms with van der Waals surface area (Å²) in [7, 11) is 1.54. The van der Waals surface area contributed by atoms with Gasteiger partial charge in [-0.05, 0) is 26.0 Å². The second kappa shape index (κ2) is 6.57. The standard InChI is InChI=1S/C13H16N4O3S/c1-8(2)17-11(9-5-4-6-14-12(9)20-3)15-16-13(17)21-7-10(18)19/h4-6,8H,7H2,1-3H3,(H,18,19). The van der Waals surface area contributed by atoms with E-state index in [0.29, 0.717) is 16.9 Å². The van der Waals surface area contributed by atoms with Gasteiger partial charge >= 0.3 is 5.97 Å². The van der Waals surface area contributed by atoms with Crippen molar-refractivity contribution in [2.45, 2.75) is 25.0 Å². The first-order valence-corrected chi connectivity index (χ1v) is 7.32. The lowest BCUT2D eigenvalue weighted by atomic mass is 10.2. The van der Waals surface area contributed by atoms with Gasteiger partial charge in [0.05, 0.1) is 18.4 Å². The van der Waals surface area contributed by atoms with E-state index in [1.54, 1.807) is 19.4 Å². The first-order chi connectivity index (χ1) is 10.0. The van der Waals surface area contributed by atoms with Crippen molar-refractivity contribution in [3.05, 3.63) is 18.3 Å². The van der Waals surface area contributed by atoms with Crippen molar-refractivity contribution in [3.63, 3.8) is 0 Å². The Hall–Kier alpha value is -2.09. The molecule has 0 aromatic carbocycles. The third-order valence-electron chi connectivity index (χ3n) is 2.71. The van der Waals surface area contributed by atoms with Crippen molar-refractivity contribution in [1.82, 2.24) is 19.7 Å². The number of carbonyl (C=O) groups is 1. The molecule has 0 atom stereocenters. The van der Waals surface area contributed by atoms with Gasteiger partial charge < -0.3 is 9.84 Å². The molecule has 0 saturated carbocycles. The Morgan fingerprint density at radius 3 is 2.86 bits per heavy atom. The van der Waals surface area contributed by atoms with E-state index in [2.05, 4.69) is 15.2 Å². The van der Waals surface area contributed by atoms with Gasteiger partial charge in [-0.25, -0.2) is 4.98 Å². The number of rotatable bonds is 6. The molecule has 0 aliphatic carbocycles. The number of ether oxygens (including phenoxy) is 1. The fraction of sp³-hybridized carbons (Fsp3) is 0.385. The van der Waals surface area contributed by atoms with Crippen LogP contribution in [0.5, 0.6) is 5.88 Å². The number of aromatic nitrogens is 4. The van der Waals surface area contributed by atoms with Crippen LogP contribution in [0.4, 0.5) is 0 Å². The number of methoxy groups -OCH3 is 1. The number of nitrogens with zero attached hydrogens (tertiary/aromatic N) is 4. The molecule has 112 valence electrons. The summed E-state index contributed by atoms with van der Waals surface area (Å²) in [6.45, 7) is 3.97. The minimum absolute atomic E-state index is 0.0605. The molecular formula is C13H16N4O3S. The van der Waals surface area contributed by atoms with Gasteiger partial charge in [0.15, 0.2) is 11.0 Å². The molecule has 0 saturated heterocycles. The predicted octanol–water partition coefficient (Wildman–Crippen LogP) is 2.11. The lowest BCUT2D eigenvalue weighted by Crippen LogP contribution is -2.07. The molecule has 0 spiro atoms. The molecule has 21 heavy (non-hydrogen) atoms. The van der Waals surface area contributed by atoms with E-state index in [0.717, 1.165) is 17.3 Å². The lowest BCUT2D eigenvalue weighted by Gasteiger charge is -2.14. The van der Waals surface area contributed by atoms with Crippen molar-refractivity contribution in [2.24, 2.45) is 0 Å². The molecule has 0 amide bonds. The Kier molecular flexibility index (Phi) is 4.79.